The molecule has 5 rings (SSSR count). The second-order valence-corrected chi connectivity index (χ2v) is 7.26. The molecule has 3 fully saturated rings. The number of halogens is 1. The Bertz CT molecular complexity index is 765. The number of aromatic amines is 1. The van der Waals surface area contributed by atoms with E-state index in [-0.39, 0.29) is 23.8 Å². The number of aromatic nitrogens is 1. The summed E-state index contributed by atoms with van der Waals surface area (Å²) in [4.78, 5) is 18.3. The predicted octanol–water partition coefficient (Wildman–Crippen LogP) is 3.55. The number of carbonyl (C=O) groups excluding carboxylic acids is 1. The summed E-state index contributed by atoms with van der Waals surface area (Å²) in [7, 11) is 1.63. The van der Waals surface area contributed by atoms with Gasteiger partial charge in [0.2, 0.25) is 0 Å². The molecule has 0 spiro atoms. The Hall–Kier alpha value is -1.72. The number of aryl methyl sites for hydroxylation is 1. The molecule has 0 saturated carbocycles. The van der Waals surface area contributed by atoms with Gasteiger partial charge in [-0.25, -0.2) is 4.79 Å². The van der Waals surface area contributed by atoms with Gasteiger partial charge in [0.05, 0.1) is 30.2 Å². The Labute approximate surface area is 154 Å². The van der Waals surface area contributed by atoms with Crippen LogP contribution in [-0.4, -0.2) is 49.2 Å². The molecule has 3 aliphatic heterocycles. The first-order valence-corrected chi connectivity index (χ1v) is 8.65. The van der Waals surface area contributed by atoms with Gasteiger partial charge in [-0.15, -0.1) is 12.4 Å². The van der Waals surface area contributed by atoms with Crippen LogP contribution in [0.4, 0.5) is 0 Å². The molecule has 0 atom stereocenters. The van der Waals surface area contributed by atoms with Crippen LogP contribution in [0.2, 0.25) is 0 Å². The number of ether oxygens (including phenoxy) is 2. The molecule has 1 N–H and O–H groups in total. The van der Waals surface area contributed by atoms with Crippen LogP contribution >= 0.6 is 12.4 Å². The van der Waals surface area contributed by atoms with E-state index >= 15 is 0 Å². The maximum absolute atomic E-state index is 12.7. The van der Waals surface area contributed by atoms with Crippen molar-refractivity contribution in [3.8, 4) is 5.75 Å². The smallest absolute Gasteiger partial charge is 0.340 e. The lowest BCUT2D eigenvalue weighted by Crippen LogP contribution is -2.50. The zero-order chi connectivity index (χ0) is 16.7. The summed E-state index contributed by atoms with van der Waals surface area (Å²) in [6.45, 7) is 5.95. The van der Waals surface area contributed by atoms with E-state index in [1.807, 2.05) is 19.1 Å². The van der Waals surface area contributed by atoms with Crippen LogP contribution in [0.1, 0.15) is 35.2 Å². The van der Waals surface area contributed by atoms with Crippen LogP contribution in [0.5, 0.6) is 5.75 Å². The minimum atomic E-state index is -0.259. The first kappa shape index (κ1) is 18.1. The van der Waals surface area contributed by atoms with Crippen LogP contribution in [0.3, 0.4) is 0 Å². The lowest BCUT2D eigenvalue weighted by Gasteiger charge is -2.47. The third-order valence-electron chi connectivity index (χ3n) is 5.71. The van der Waals surface area contributed by atoms with Crippen molar-refractivity contribution in [2.24, 2.45) is 5.41 Å². The van der Waals surface area contributed by atoms with Gasteiger partial charge >= 0.3 is 5.97 Å². The summed E-state index contributed by atoms with van der Waals surface area (Å²) in [5, 5.41) is 0.809. The number of benzene rings is 1. The zero-order valence-corrected chi connectivity index (χ0v) is 15.6. The van der Waals surface area contributed by atoms with E-state index in [9.17, 15) is 4.79 Å². The Kier molecular flexibility index (Phi) is 4.98. The van der Waals surface area contributed by atoms with E-state index < -0.39 is 0 Å². The average Bonchev–Trinajstić information content (AvgIpc) is 3.04. The Morgan fingerprint density at radius 3 is 2.56 bits per heavy atom. The Morgan fingerprint density at radius 1 is 1.24 bits per heavy atom. The standard InChI is InChI=1S/C19H24N2O3.ClH/c1-13-9-15-17(16(10-13)23-2)14(11-20-15)18(22)24-12-19-3-6-21(7-4-19)8-5-19;/h9-11,20H,3-8,12H2,1-2H3;1H. The molecule has 2 bridgehead atoms. The number of H-pyrrole nitrogens is 1. The van der Waals surface area contributed by atoms with Gasteiger partial charge in [-0.2, -0.15) is 0 Å². The molecule has 25 heavy (non-hydrogen) atoms. The van der Waals surface area contributed by atoms with Gasteiger partial charge in [0.25, 0.3) is 0 Å². The molecular weight excluding hydrogens is 340 g/mol. The fraction of sp³-hybridized carbons (Fsp3) is 0.526. The average molecular weight is 365 g/mol. The van der Waals surface area contributed by atoms with Crippen molar-refractivity contribution in [1.82, 2.24) is 9.88 Å². The lowest BCUT2D eigenvalue weighted by molar-refractivity contribution is -0.0304. The molecule has 5 nitrogen and oxygen atoms in total. The molecule has 136 valence electrons. The van der Waals surface area contributed by atoms with Gasteiger partial charge in [-0.05, 0) is 63.5 Å². The van der Waals surface area contributed by atoms with Crippen molar-refractivity contribution in [3.05, 3.63) is 29.5 Å². The SMILES string of the molecule is COc1cc(C)cc2[nH]cc(C(=O)OCC34CCN(CC3)CC4)c12.Cl. The number of hydrogen-bond donors (Lipinski definition) is 1. The van der Waals surface area contributed by atoms with Gasteiger partial charge in [0.1, 0.15) is 5.75 Å². The van der Waals surface area contributed by atoms with Crippen molar-refractivity contribution in [1.29, 1.82) is 0 Å². The summed E-state index contributed by atoms with van der Waals surface area (Å²) in [6, 6.07) is 3.96. The molecule has 0 aliphatic carbocycles. The van der Waals surface area contributed by atoms with E-state index in [0.717, 1.165) is 55.4 Å². The van der Waals surface area contributed by atoms with Gasteiger partial charge in [0.15, 0.2) is 0 Å². The van der Waals surface area contributed by atoms with Gasteiger partial charge in [0, 0.05) is 11.6 Å². The summed E-state index contributed by atoms with van der Waals surface area (Å²) in [5.41, 5.74) is 2.75. The van der Waals surface area contributed by atoms with Crippen molar-refractivity contribution >= 4 is 29.3 Å². The third kappa shape index (κ3) is 3.23. The molecular formula is C19H25ClN2O3. The number of piperidine rings is 3. The number of nitrogens with one attached hydrogen (secondary N) is 1. The van der Waals surface area contributed by atoms with Crippen LogP contribution in [-0.2, 0) is 4.74 Å². The highest BCUT2D eigenvalue weighted by atomic mass is 35.5. The number of methoxy groups -OCH3 is 1. The largest absolute Gasteiger partial charge is 0.496 e. The minimum Gasteiger partial charge on any atom is -0.496 e. The first-order chi connectivity index (χ1) is 11.6. The lowest BCUT2D eigenvalue weighted by atomic mass is 9.73. The van der Waals surface area contributed by atoms with Crippen molar-refractivity contribution in [2.45, 2.75) is 26.2 Å². The maximum atomic E-state index is 12.7. The molecule has 4 heterocycles. The highest BCUT2D eigenvalue weighted by Crippen LogP contribution is 2.40. The van der Waals surface area contributed by atoms with E-state index in [2.05, 4.69) is 9.88 Å². The third-order valence-corrected chi connectivity index (χ3v) is 5.71. The molecule has 1 aromatic heterocycles. The van der Waals surface area contributed by atoms with Crippen LogP contribution < -0.4 is 4.74 Å². The molecule has 2 aromatic rings. The molecule has 3 aliphatic rings. The summed E-state index contributed by atoms with van der Waals surface area (Å²) >= 11 is 0. The number of esters is 1. The normalized spacial score (nSPS) is 24.8. The number of hydrogen-bond acceptors (Lipinski definition) is 4. The van der Waals surface area contributed by atoms with Gasteiger partial charge < -0.3 is 19.4 Å². The van der Waals surface area contributed by atoms with Crippen LogP contribution in [0, 0.1) is 12.3 Å². The Balaban J connectivity index is 0.00000182. The summed E-state index contributed by atoms with van der Waals surface area (Å²) in [6.07, 6.45) is 5.14. The van der Waals surface area contributed by atoms with Gasteiger partial charge in [-0.1, -0.05) is 0 Å². The molecule has 1 aromatic carbocycles. The zero-order valence-electron chi connectivity index (χ0n) is 14.8. The fourth-order valence-electron chi connectivity index (χ4n) is 4.10. The summed E-state index contributed by atoms with van der Waals surface area (Å²) < 4.78 is 11.2. The fourth-order valence-corrected chi connectivity index (χ4v) is 4.10. The summed E-state index contributed by atoms with van der Waals surface area (Å²) in [5.74, 6) is 0.452. The number of fused-ring (bicyclic) bond motifs is 4. The highest BCUT2D eigenvalue weighted by molar-refractivity contribution is 6.06. The first-order valence-electron chi connectivity index (χ1n) is 8.65. The van der Waals surface area contributed by atoms with E-state index in [1.54, 1.807) is 13.3 Å². The molecule has 3 saturated heterocycles. The van der Waals surface area contributed by atoms with Crippen molar-refractivity contribution in [2.75, 3.05) is 33.4 Å². The monoisotopic (exact) mass is 364 g/mol. The number of nitrogens with zero attached hydrogens (tertiary/aromatic N) is 1. The van der Waals surface area contributed by atoms with Crippen molar-refractivity contribution in [3.63, 3.8) is 0 Å². The van der Waals surface area contributed by atoms with Crippen LogP contribution in [0.15, 0.2) is 18.3 Å². The second kappa shape index (κ2) is 6.89. The topological polar surface area (TPSA) is 54.6 Å². The van der Waals surface area contributed by atoms with E-state index in [4.69, 9.17) is 9.47 Å². The van der Waals surface area contributed by atoms with E-state index in [1.165, 1.54) is 0 Å². The van der Waals surface area contributed by atoms with E-state index in [0.29, 0.717) is 17.9 Å². The quantitative estimate of drug-likeness (QED) is 0.843. The number of carbonyl (C=O) groups is 1. The van der Waals surface area contributed by atoms with Crippen LogP contribution in [0.25, 0.3) is 10.9 Å². The molecule has 0 radical (unpaired) electrons. The predicted molar refractivity (Wildman–Crippen MR) is 99.8 cm³/mol. The minimum absolute atomic E-state index is 0. The van der Waals surface area contributed by atoms with Gasteiger partial charge in [-0.3, -0.25) is 0 Å². The molecule has 0 amide bonds. The highest BCUT2D eigenvalue weighted by Gasteiger charge is 2.40. The Morgan fingerprint density at radius 2 is 1.92 bits per heavy atom. The second-order valence-electron chi connectivity index (χ2n) is 7.26. The molecule has 6 heteroatoms. The number of rotatable bonds is 4. The molecule has 0 unspecified atom stereocenters. The van der Waals surface area contributed by atoms with Crippen molar-refractivity contribution < 1.29 is 14.3 Å². The maximum Gasteiger partial charge on any atom is 0.340 e.